The molecular weight excluding hydrogens is 576 g/mol. The molecule has 0 heterocycles. The minimum Gasteiger partial charge on any atom is -0.444 e. The average Bonchev–Trinajstić information content (AvgIpc) is 3.01. The van der Waals surface area contributed by atoms with E-state index in [9.17, 15) is 29.4 Å². The lowest BCUT2D eigenvalue weighted by Gasteiger charge is -2.28. The van der Waals surface area contributed by atoms with Gasteiger partial charge in [-0.1, -0.05) is 79.9 Å². The Kier molecular flexibility index (Phi) is 13.8. The highest BCUT2D eigenvalue weighted by molar-refractivity contribution is 5.92. The molecule has 1 fully saturated rings. The van der Waals surface area contributed by atoms with E-state index < -0.39 is 60.3 Å². The molecule has 0 radical (unpaired) electrons. The molecular formula is C34H48N4O7. The molecule has 1 aliphatic rings. The molecule has 2 aromatic carbocycles. The molecule has 2 aromatic rings. The lowest BCUT2D eigenvalue weighted by Crippen LogP contribution is -2.59. The molecule has 3 rings (SSSR count). The van der Waals surface area contributed by atoms with Crippen molar-refractivity contribution in [2.45, 2.75) is 95.5 Å². The molecule has 0 saturated heterocycles. The molecule has 11 nitrogen and oxygen atoms in total. The van der Waals surface area contributed by atoms with Crippen LogP contribution in [0.25, 0.3) is 0 Å². The highest BCUT2D eigenvalue weighted by Gasteiger charge is 2.33. The third-order valence-corrected chi connectivity index (χ3v) is 7.67. The average molecular weight is 625 g/mol. The Morgan fingerprint density at radius 3 is 1.89 bits per heavy atom. The van der Waals surface area contributed by atoms with Gasteiger partial charge in [0.15, 0.2) is 6.10 Å². The fraction of sp³-hybridized carbons (Fsp3) is 0.529. The quantitative estimate of drug-likeness (QED) is 0.188. The molecule has 6 N–H and O–H groups in total. The third-order valence-electron chi connectivity index (χ3n) is 7.67. The van der Waals surface area contributed by atoms with Crippen LogP contribution in [0.2, 0.25) is 0 Å². The van der Waals surface area contributed by atoms with E-state index in [-0.39, 0.29) is 12.8 Å². The number of amides is 4. The van der Waals surface area contributed by atoms with E-state index in [0.717, 1.165) is 36.8 Å². The molecule has 0 aromatic heterocycles. The van der Waals surface area contributed by atoms with Gasteiger partial charge in [0.05, 0.1) is 12.6 Å². The minimum absolute atomic E-state index is 0.0994. The predicted molar refractivity (Wildman–Crippen MR) is 170 cm³/mol. The van der Waals surface area contributed by atoms with E-state index in [1.54, 1.807) is 45.0 Å². The summed E-state index contributed by atoms with van der Waals surface area (Å²) in [5.74, 6) is -1.76. The van der Waals surface area contributed by atoms with Gasteiger partial charge >= 0.3 is 6.09 Å². The van der Waals surface area contributed by atoms with Crippen LogP contribution < -0.4 is 21.3 Å². The van der Waals surface area contributed by atoms with E-state index in [0.29, 0.717) is 12.5 Å². The first-order chi connectivity index (χ1) is 21.4. The van der Waals surface area contributed by atoms with Crippen molar-refractivity contribution in [1.82, 2.24) is 21.3 Å². The molecule has 1 saturated carbocycles. The van der Waals surface area contributed by atoms with Gasteiger partial charge in [0.1, 0.15) is 17.7 Å². The summed E-state index contributed by atoms with van der Waals surface area (Å²) >= 11 is 0. The number of rotatable bonds is 14. The second kappa shape index (κ2) is 17.5. The van der Waals surface area contributed by atoms with E-state index >= 15 is 0 Å². The van der Waals surface area contributed by atoms with Crippen molar-refractivity contribution < 1.29 is 34.1 Å². The summed E-state index contributed by atoms with van der Waals surface area (Å²) in [5.41, 5.74) is 0.725. The van der Waals surface area contributed by atoms with Crippen LogP contribution in [0, 0.1) is 5.92 Å². The zero-order valence-corrected chi connectivity index (χ0v) is 26.5. The van der Waals surface area contributed by atoms with Crippen molar-refractivity contribution in [2.24, 2.45) is 5.92 Å². The summed E-state index contributed by atoms with van der Waals surface area (Å²) in [6, 6.07) is 14.5. The van der Waals surface area contributed by atoms with Crippen LogP contribution in [0.5, 0.6) is 0 Å². The van der Waals surface area contributed by atoms with Crippen LogP contribution in [0.1, 0.15) is 64.0 Å². The molecule has 0 spiro atoms. The standard InChI is InChI=1S/C34H48N4O7/c1-34(2,3)45-33(44)38-27(20-24-15-9-5-10-16-24)30(41)37-28(22-39)31(42)36-26(19-23-13-7-4-8-14-23)29(40)32(43)35-21-25-17-11-6-12-18-25/h4-5,7-10,13-16,25-29,39-40H,6,11-12,17-22H2,1-3H3,(H,35,43)(H,36,42)(H,37,41)(H,38,44)/t26-,27-,28-,29-/m0/s1. The van der Waals surface area contributed by atoms with E-state index in [2.05, 4.69) is 21.3 Å². The number of aliphatic hydroxyl groups excluding tert-OH is 2. The number of aliphatic hydroxyl groups is 2. The maximum atomic E-state index is 13.4. The molecule has 45 heavy (non-hydrogen) atoms. The molecule has 1 aliphatic carbocycles. The van der Waals surface area contributed by atoms with Crippen LogP contribution in [-0.2, 0) is 32.0 Å². The maximum absolute atomic E-state index is 13.4. The van der Waals surface area contributed by atoms with Crippen molar-refractivity contribution in [2.75, 3.05) is 13.2 Å². The van der Waals surface area contributed by atoms with E-state index in [1.807, 2.05) is 36.4 Å². The zero-order valence-electron chi connectivity index (χ0n) is 26.5. The molecule has 0 unspecified atom stereocenters. The van der Waals surface area contributed by atoms with Crippen LogP contribution in [0.3, 0.4) is 0 Å². The highest BCUT2D eigenvalue weighted by Crippen LogP contribution is 2.22. The summed E-state index contributed by atoms with van der Waals surface area (Å²) < 4.78 is 5.33. The largest absolute Gasteiger partial charge is 0.444 e. The van der Waals surface area contributed by atoms with Crippen LogP contribution >= 0.6 is 0 Å². The SMILES string of the molecule is CC(C)(C)OC(=O)N[C@@H](Cc1ccccc1)C(=O)N[C@@H](CO)C(=O)N[C@@H](Cc1ccccc1)[C@H](O)C(=O)NCC1CCCCC1. The summed E-state index contributed by atoms with van der Waals surface area (Å²) in [6.45, 7) is 4.78. The van der Waals surface area contributed by atoms with Crippen LogP contribution in [0.4, 0.5) is 4.79 Å². The third kappa shape index (κ3) is 12.5. The number of benzene rings is 2. The van der Waals surface area contributed by atoms with Crippen molar-refractivity contribution in [3.63, 3.8) is 0 Å². The van der Waals surface area contributed by atoms with Crippen molar-refractivity contribution in [1.29, 1.82) is 0 Å². The Morgan fingerprint density at radius 2 is 1.33 bits per heavy atom. The summed E-state index contributed by atoms with van der Waals surface area (Å²) in [7, 11) is 0. The summed E-state index contributed by atoms with van der Waals surface area (Å²) in [6.07, 6.45) is 3.30. The summed E-state index contributed by atoms with van der Waals surface area (Å²) in [4.78, 5) is 52.3. The second-order valence-electron chi connectivity index (χ2n) is 12.6. The highest BCUT2D eigenvalue weighted by atomic mass is 16.6. The molecule has 4 amide bonds. The summed E-state index contributed by atoms with van der Waals surface area (Å²) in [5, 5.41) is 31.7. The fourth-order valence-electron chi connectivity index (χ4n) is 5.29. The van der Waals surface area contributed by atoms with Crippen molar-refractivity contribution in [3.8, 4) is 0 Å². The lowest BCUT2D eigenvalue weighted by atomic mass is 9.89. The number of nitrogens with one attached hydrogen (secondary N) is 4. The topological polar surface area (TPSA) is 166 Å². The lowest BCUT2D eigenvalue weighted by molar-refractivity contribution is -0.135. The molecule has 11 heteroatoms. The molecule has 0 bridgehead atoms. The monoisotopic (exact) mass is 624 g/mol. The Hall–Kier alpha value is -3.96. The number of hydrogen-bond acceptors (Lipinski definition) is 7. The number of carbonyl (C=O) groups excluding carboxylic acids is 4. The maximum Gasteiger partial charge on any atom is 0.408 e. The molecule has 4 atom stereocenters. The second-order valence-corrected chi connectivity index (χ2v) is 12.6. The number of ether oxygens (including phenoxy) is 1. The van der Waals surface area contributed by atoms with Gasteiger partial charge < -0.3 is 36.2 Å². The van der Waals surface area contributed by atoms with Crippen molar-refractivity contribution >= 4 is 23.8 Å². The number of carbonyl (C=O) groups is 4. The first-order valence-electron chi connectivity index (χ1n) is 15.7. The Bertz CT molecular complexity index is 1230. The van der Waals surface area contributed by atoms with Gasteiger partial charge in [0.2, 0.25) is 11.8 Å². The van der Waals surface area contributed by atoms with Gasteiger partial charge in [-0.15, -0.1) is 0 Å². The zero-order chi connectivity index (χ0) is 32.8. The molecule has 0 aliphatic heterocycles. The normalized spacial score (nSPS) is 16.4. The first-order valence-corrected chi connectivity index (χ1v) is 15.7. The van der Waals surface area contributed by atoms with Gasteiger partial charge in [-0.05, 0) is 57.1 Å². The van der Waals surface area contributed by atoms with Gasteiger partial charge in [-0.2, -0.15) is 0 Å². The first kappa shape index (κ1) is 35.5. The van der Waals surface area contributed by atoms with Crippen molar-refractivity contribution in [3.05, 3.63) is 71.8 Å². The van der Waals surface area contributed by atoms with Gasteiger partial charge in [0.25, 0.3) is 5.91 Å². The smallest absolute Gasteiger partial charge is 0.408 e. The van der Waals surface area contributed by atoms with Gasteiger partial charge in [-0.3, -0.25) is 14.4 Å². The Morgan fingerprint density at radius 1 is 0.778 bits per heavy atom. The number of alkyl carbamates (subject to hydrolysis) is 1. The van der Waals surface area contributed by atoms with E-state index in [1.165, 1.54) is 6.42 Å². The van der Waals surface area contributed by atoms with E-state index in [4.69, 9.17) is 4.74 Å². The Labute approximate surface area is 265 Å². The van der Waals surface area contributed by atoms with Crippen LogP contribution in [0.15, 0.2) is 60.7 Å². The molecule has 246 valence electrons. The van der Waals surface area contributed by atoms with Crippen LogP contribution in [-0.4, -0.2) is 77.0 Å². The van der Waals surface area contributed by atoms with Gasteiger partial charge in [0, 0.05) is 13.0 Å². The minimum atomic E-state index is -1.58. The Balaban J connectivity index is 1.71. The fourth-order valence-corrected chi connectivity index (χ4v) is 5.29. The predicted octanol–water partition coefficient (Wildman–Crippen LogP) is 2.38. The van der Waals surface area contributed by atoms with Gasteiger partial charge in [-0.25, -0.2) is 4.79 Å². The number of hydrogen-bond donors (Lipinski definition) is 6.